The highest BCUT2D eigenvalue weighted by molar-refractivity contribution is 7.98. The van der Waals surface area contributed by atoms with Gasteiger partial charge in [-0.25, -0.2) is 4.68 Å². The number of carbonyl (C=O) groups is 1. The van der Waals surface area contributed by atoms with Crippen LogP contribution >= 0.6 is 11.8 Å². The van der Waals surface area contributed by atoms with Gasteiger partial charge >= 0.3 is 0 Å². The first-order valence-corrected chi connectivity index (χ1v) is 10.1. The van der Waals surface area contributed by atoms with Gasteiger partial charge in [-0.1, -0.05) is 12.1 Å². The number of thioether (sulfide) groups is 1. The molecule has 0 bridgehead atoms. The van der Waals surface area contributed by atoms with Gasteiger partial charge in [0.2, 0.25) is 5.91 Å². The van der Waals surface area contributed by atoms with E-state index < -0.39 is 0 Å². The third-order valence-corrected chi connectivity index (χ3v) is 4.80. The molecular weight excluding hydrogens is 374 g/mol. The highest BCUT2D eigenvalue weighted by Gasteiger charge is 2.10. The van der Waals surface area contributed by atoms with Gasteiger partial charge in [-0.2, -0.15) is 5.10 Å². The highest BCUT2D eigenvalue weighted by Crippen LogP contribution is 2.24. The smallest absolute Gasteiger partial charge is 0.267 e. The molecule has 0 spiro atoms. The van der Waals surface area contributed by atoms with Gasteiger partial charge in [0.05, 0.1) is 18.0 Å². The van der Waals surface area contributed by atoms with Gasteiger partial charge in [0, 0.05) is 16.5 Å². The molecule has 7 heteroatoms. The zero-order valence-corrected chi connectivity index (χ0v) is 16.5. The summed E-state index contributed by atoms with van der Waals surface area (Å²) in [6, 6.07) is 18.0. The van der Waals surface area contributed by atoms with E-state index in [2.05, 4.69) is 10.4 Å². The number of nitrogens with one attached hydrogen (secondary N) is 1. The maximum absolute atomic E-state index is 12.4. The van der Waals surface area contributed by atoms with Crippen molar-refractivity contribution in [1.82, 2.24) is 9.78 Å². The lowest BCUT2D eigenvalue weighted by Gasteiger charge is -2.11. The van der Waals surface area contributed by atoms with E-state index in [0.29, 0.717) is 12.3 Å². The molecule has 0 saturated carbocycles. The lowest BCUT2D eigenvalue weighted by atomic mass is 10.1. The summed E-state index contributed by atoms with van der Waals surface area (Å²) in [5, 5.41) is 7.18. The molecule has 144 valence electrons. The first kappa shape index (κ1) is 19.7. The molecule has 0 saturated heterocycles. The summed E-state index contributed by atoms with van der Waals surface area (Å²) < 4.78 is 6.61. The Hall–Kier alpha value is -3.06. The quantitative estimate of drug-likeness (QED) is 0.618. The average Bonchev–Trinajstić information content (AvgIpc) is 2.71. The van der Waals surface area contributed by atoms with Crippen molar-refractivity contribution in [1.29, 1.82) is 0 Å². The fourth-order valence-electron chi connectivity index (χ4n) is 2.68. The monoisotopic (exact) mass is 395 g/mol. The van der Waals surface area contributed by atoms with Crippen LogP contribution in [0.3, 0.4) is 0 Å². The minimum absolute atomic E-state index is 0.160. The summed E-state index contributed by atoms with van der Waals surface area (Å²) in [7, 11) is 0. The van der Waals surface area contributed by atoms with E-state index in [-0.39, 0.29) is 18.0 Å². The van der Waals surface area contributed by atoms with Gasteiger partial charge in [0.25, 0.3) is 5.56 Å². The van der Waals surface area contributed by atoms with Crippen LogP contribution in [0.15, 0.2) is 70.4 Å². The number of nitrogens with zero attached hydrogens (tertiary/aromatic N) is 2. The number of para-hydroxylation sites is 1. The lowest BCUT2D eigenvalue weighted by molar-refractivity contribution is -0.117. The Bertz CT molecular complexity index is 1020. The van der Waals surface area contributed by atoms with Crippen LogP contribution in [-0.4, -0.2) is 28.6 Å². The molecular formula is C21H21N3O3S. The second-order valence-electron chi connectivity index (χ2n) is 5.92. The van der Waals surface area contributed by atoms with Crippen molar-refractivity contribution in [2.45, 2.75) is 18.4 Å². The molecule has 1 aromatic heterocycles. The molecule has 0 unspecified atom stereocenters. The number of amides is 1. The SMILES string of the molecule is CCOc1ccc(-c2ccc(=O)n(CC(=O)Nc3ccccc3SC)n2)cc1. The Labute approximate surface area is 167 Å². The number of anilines is 1. The molecule has 28 heavy (non-hydrogen) atoms. The van der Waals surface area contributed by atoms with Crippen molar-refractivity contribution in [3.8, 4) is 17.0 Å². The van der Waals surface area contributed by atoms with Crippen molar-refractivity contribution < 1.29 is 9.53 Å². The van der Waals surface area contributed by atoms with E-state index in [9.17, 15) is 9.59 Å². The van der Waals surface area contributed by atoms with Gasteiger partial charge in [-0.05, 0) is 55.6 Å². The largest absolute Gasteiger partial charge is 0.494 e. The first-order chi connectivity index (χ1) is 13.6. The second-order valence-corrected chi connectivity index (χ2v) is 6.77. The van der Waals surface area contributed by atoms with E-state index in [1.807, 2.05) is 61.7 Å². The van der Waals surface area contributed by atoms with Crippen molar-refractivity contribution in [3.63, 3.8) is 0 Å². The number of aromatic nitrogens is 2. The van der Waals surface area contributed by atoms with E-state index in [1.54, 1.807) is 17.8 Å². The third-order valence-electron chi connectivity index (χ3n) is 4.00. The van der Waals surface area contributed by atoms with Crippen molar-refractivity contribution in [2.24, 2.45) is 0 Å². The number of hydrogen-bond donors (Lipinski definition) is 1. The van der Waals surface area contributed by atoms with Crippen LogP contribution in [0.1, 0.15) is 6.92 Å². The predicted molar refractivity (Wildman–Crippen MR) is 112 cm³/mol. The molecule has 2 aromatic carbocycles. The fourth-order valence-corrected chi connectivity index (χ4v) is 3.23. The van der Waals surface area contributed by atoms with Crippen LogP contribution < -0.4 is 15.6 Å². The summed E-state index contributed by atoms with van der Waals surface area (Å²) in [5.74, 6) is 0.464. The van der Waals surface area contributed by atoms with Gasteiger partial charge in [-0.3, -0.25) is 9.59 Å². The molecule has 0 atom stereocenters. The van der Waals surface area contributed by atoms with Crippen LogP contribution in [0.4, 0.5) is 5.69 Å². The summed E-state index contributed by atoms with van der Waals surface area (Å²) in [6.07, 6.45) is 1.94. The van der Waals surface area contributed by atoms with E-state index in [4.69, 9.17) is 4.74 Å². The summed E-state index contributed by atoms with van der Waals surface area (Å²) in [5.41, 5.74) is 1.84. The average molecular weight is 395 g/mol. The summed E-state index contributed by atoms with van der Waals surface area (Å²) in [4.78, 5) is 25.5. The standard InChI is InChI=1S/C21H21N3O3S/c1-3-27-16-10-8-15(9-11-16)17-12-13-21(26)24(23-17)14-20(25)22-18-6-4-5-7-19(18)28-2/h4-13H,3,14H2,1-2H3,(H,22,25). The molecule has 0 radical (unpaired) electrons. The van der Waals surface area contributed by atoms with Crippen LogP contribution in [0.5, 0.6) is 5.75 Å². The topological polar surface area (TPSA) is 73.2 Å². The Morgan fingerprint density at radius 1 is 1.11 bits per heavy atom. The number of rotatable bonds is 7. The maximum Gasteiger partial charge on any atom is 0.267 e. The normalized spacial score (nSPS) is 10.5. The van der Waals surface area contributed by atoms with E-state index >= 15 is 0 Å². The van der Waals surface area contributed by atoms with Crippen LogP contribution in [-0.2, 0) is 11.3 Å². The number of hydrogen-bond acceptors (Lipinski definition) is 5. The minimum Gasteiger partial charge on any atom is -0.494 e. The van der Waals surface area contributed by atoms with Gasteiger partial charge in [0.15, 0.2) is 0 Å². The number of benzene rings is 2. The number of ether oxygens (including phenoxy) is 1. The molecule has 6 nitrogen and oxygen atoms in total. The Morgan fingerprint density at radius 3 is 2.57 bits per heavy atom. The van der Waals surface area contributed by atoms with Crippen molar-refractivity contribution in [3.05, 3.63) is 71.0 Å². The molecule has 0 aliphatic carbocycles. The second kappa shape index (κ2) is 9.23. The van der Waals surface area contributed by atoms with E-state index in [0.717, 1.165) is 21.9 Å². The molecule has 1 N–H and O–H groups in total. The molecule has 0 aliphatic heterocycles. The maximum atomic E-state index is 12.4. The van der Waals surface area contributed by atoms with Gasteiger partial charge in [0.1, 0.15) is 12.3 Å². The van der Waals surface area contributed by atoms with Crippen molar-refractivity contribution >= 4 is 23.4 Å². The van der Waals surface area contributed by atoms with Crippen molar-refractivity contribution in [2.75, 3.05) is 18.2 Å². The predicted octanol–water partition coefficient (Wildman–Crippen LogP) is 3.67. The number of carbonyl (C=O) groups excluding carboxylic acids is 1. The highest BCUT2D eigenvalue weighted by atomic mass is 32.2. The minimum atomic E-state index is -0.331. The Kier molecular flexibility index (Phi) is 6.49. The molecule has 1 heterocycles. The van der Waals surface area contributed by atoms with E-state index in [1.165, 1.54) is 10.7 Å². The zero-order valence-electron chi connectivity index (χ0n) is 15.7. The molecule has 0 aliphatic rings. The molecule has 1 amide bonds. The van der Waals surface area contributed by atoms with Crippen LogP contribution in [0.2, 0.25) is 0 Å². The van der Waals surface area contributed by atoms with Crippen LogP contribution in [0, 0.1) is 0 Å². The van der Waals surface area contributed by atoms with Crippen LogP contribution in [0.25, 0.3) is 11.3 Å². The Morgan fingerprint density at radius 2 is 1.86 bits per heavy atom. The van der Waals surface area contributed by atoms with Gasteiger partial charge < -0.3 is 10.1 Å². The lowest BCUT2D eigenvalue weighted by Crippen LogP contribution is -2.29. The first-order valence-electron chi connectivity index (χ1n) is 8.85. The van der Waals surface area contributed by atoms with Gasteiger partial charge in [-0.15, -0.1) is 11.8 Å². The molecule has 3 rings (SSSR count). The fraction of sp³-hybridized carbons (Fsp3) is 0.190. The molecule has 0 fully saturated rings. The zero-order chi connectivity index (χ0) is 19.9. The third kappa shape index (κ3) is 4.80. The summed E-state index contributed by atoms with van der Waals surface area (Å²) >= 11 is 1.54. The Balaban J connectivity index is 1.78. The molecule has 3 aromatic rings. The summed E-state index contributed by atoms with van der Waals surface area (Å²) in [6.45, 7) is 2.36.